The van der Waals surface area contributed by atoms with Crippen LogP contribution < -0.4 is 0 Å². The molecule has 0 saturated heterocycles. The molecule has 0 amide bonds. The maximum absolute atomic E-state index is 11.7. The van der Waals surface area contributed by atoms with E-state index in [1.807, 2.05) is 22.6 Å². The van der Waals surface area contributed by atoms with E-state index >= 15 is 0 Å². The van der Waals surface area contributed by atoms with Crippen LogP contribution in [-0.2, 0) is 11.3 Å². The zero-order valence-electron chi connectivity index (χ0n) is 6.61. The number of nitrogens with zero attached hydrogens (tertiary/aromatic N) is 1. The molecule has 0 fully saturated rings. The lowest BCUT2D eigenvalue weighted by molar-refractivity contribution is -0.330. The Morgan fingerprint density at radius 2 is 2.14 bits per heavy atom. The lowest BCUT2D eigenvalue weighted by atomic mass is 10.3. The Hall–Kier alpha value is -0.0800. The smallest absolute Gasteiger partial charge is 0.287 e. The summed E-state index contributed by atoms with van der Waals surface area (Å²) in [5.74, 6) is 0. The third-order valence-corrected chi connectivity index (χ3v) is 2.20. The van der Waals surface area contributed by atoms with Crippen LogP contribution in [-0.4, -0.2) is 11.3 Å². The van der Waals surface area contributed by atoms with Gasteiger partial charge in [0.2, 0.25) is 0 Å². The summed E-state index contributed by atoms with van der Waals surface area (Å²) in [4.78, 5) is 3.69. The lowest BCUT2D eigenvalue weighted by Gasteiger charge is -2.08. The van der Waals surface area contributed by atoms with Gasteiger partial charge in [-0.05, 0) is 28.7 Å². The summed E-state index contributed by atoms with van der Waals surface area (Å²) in [6.45, 7) is -0.619. The predicted octanol–water partition coefficient (Wildman–Crippen LogP) is 3.38. The van der Waals surface area contributed by atoms with Crippen molar-refractivity contribution in [2.75, 3.05) is 0 Å². The van der Waals surface area contributed by atoms with Gasteiger partial charge < -0.3 is 0 Å². The summed E-state index contributed by atoms with van der Waals surface area (Å²) >= 11 is 7.49. The maximum Gasteiger partial charge on any atom is 0.522 e. The van der Waals surface area contributed by atoms with Crippen LogP contribution in [0.1, 0.15) is 5.56 Å². The molecule has 0 radical (unpaired) electrons. The second-order valence-electron chi connectivity index (χ2n) is 2.34. The summed E-state index contributed by atoms with van der Waals surface area (Å²) in [5.41, 5.74) is 0.218. The first-order valence-corrected chi connectivity index (χ1v) is 4.85. The minimum Gasteiger partial charge on any atom is -0.287 e. The standard InChI is InChI=1S/C7H4ClF3INO/c8-6-4(1-5(12)2-13-6)3-14-7(9,10)11/h1-2H,3H2. The quantitative estimate of drug-likeness (QED) is 0.610. The van der Waals surface area contributed by atoms with Gasteiger partial charge in [-0.15, -0.1) is 13.2 Å². The molecule has 0 unspecified atom stereocenters. The number of hydrogen-bond acceptors (Lipinski definition) is 2. The average molecular weight is 337 g/mol. The summed E-state index contributed by atoms with van der Waals surface area (Å²) in [6.07, 6.45) is -3.19. The van der Waals surface area contributed by atoms with Gasteiger partial charge in [0.05, 0.1) is 6.61 Å². The third kappa shape index (κ3) is 3.97. The first-order chi connectivity index (χ1) is 6.38. The number of ether oxygens (including phenoxy) is 1. The molecule has 78 valence electrons. The number of halogens is 5. The van der Waals surface area contributed by atoms with E-state index in [1.165, 1.54) is 12.3 Å². The average Bonchev–Trinajstić information content (AvgIpc) is 2.05. The summed E-state index contributed by atoms with van der Waals surface area (Å²) in [7, 11) is 0. The molecule has 0 atom stereocenters. The Balaban J connectivity index is 2.72. The number of aromatic nitrogens is 1. The Kier molecular flexibility index (Phi) is 3.96. The molecule has 1 aromatic heterocycles. The highest BCUT2D eigenvalue weighted by Gasteiger charge is 2.29. The molecular weight excluding hydrogens is 333 g/mol. The van der Waals surface area contributed by atoms with Crippen molar-refractivity contribution in [3.05, 3.63) is 26.5 Å². The molecule has 1 aromatic rings. The van der Waals surface area contributed by atoms with Crippen LogP contribution in [0.15, 0.2) is 12.3 Å². The van der Waals surface area contributed by atoms with Crippen LogP contribution in [0.3, 0.4) is 0 Å². The molecular formula is C7H4ClF3INO. The number of hydrogen-bond donors (Lipinski definition) is 0. The highest BCUT2D eigenvalue weighted by atomic mass is 127. The fraction of sp³-hybridized carbons (Fsp3) is 0.286. The third-order valence-electron chi connectivity index (χ3n) is 1.27. The van der Waals surface area contributed by atoms with Gasteiger partial charge in [0, 0.05) is 15.3 Å². The molecule has 0 aliphatic rings. The van der Waals surface area contributed by atoms with Crippen molar-refractivity contribution in [3.63, 3.8) is 0 Å². The van der Waals surface area contributed by atoms with Gasteiger partial charge >= 0.3 is 6.36 Å². The molecule has 0 N–H and O–H groups in total. The summed E-state index contributed by atoms with van der Waals surface area (Å²) in [6, 6.07) is 1.49. The van der Waals surface area contributed by atoms with Gasteiger partial charge in [-0.2, -0.15) is 0 Å². The minimum atomic E-state index is -4.65. The monoisotopic (exact) mass is 337 g/mol. The van der Waals surface area contributed by atoms with E-state index in [4.69, 9.17) is 11.6 Å². The van der Waals surface area contributed by atoms with Gasteiger partial charge in [0.1, 0.15) is 5.15 Å². The predicted molar refractivity (Wildman–Crippen MR) is 52.8 cm³/mol. The van der Waals surface area contributed by atoms with Gasteiger partial charge in [-0.1, -0.05) is 11.6 Å². The van der Waals surface area contributed by atoms with Crippen molar-refractivity contribution in [3.8, 4) is 0 Å². The molecule has 1 rings (SSSR count). The summed E-state index contributed by atoms with van der Waals surface area (Å²) in [5, 5.41) is 0.0228. The highest BCUT2D eigenvalue weighted by Crippen LogP contribution is 2.22. The zero-order valence-corrected chi connectivity index (χ0v) is 9.52. The molecule has 7 heteroatoms. The molecule has 2 nitrogen and oxygen atoms in total. The Labute approximate surface area is 96.6 Å². The molecule has 1 heterocycles. The van der Waals surface area contributed by atoms with Crippen molar-refractivity contribution >= 4 is 34.2 Å². The van der Waals surface area contributed by atoms with Crippen molar-refractivity contribution < 1.29 is 17.9 Å². The normalized spacial score (nSPS) is 11.8. The minimum absolute atomic E-state index is 0.0228. The van der Waals surface area contributed by atoms with Gasteiger partial charge in [0.15, 0.2) is 0 Å². The number of alkyl halides is 3. The van der Waals surface area contributed by atoms with Crippen LogP contribution in [0.4, 0.5) is 13.2 Å². The van der Waals surface area contributed by atoms with Crippen molar-refractivity contribution in [1.29, 1.82) is 0 Å². The van der Waals surface area contributed by atoms with Crippen LogP contribution >= 0.6 is 34.2 Å². The second kappa shape index (κ2) is 4.63. The SMILES string of the molecule is FC(F)(F)OCc1cc(I)cnc1Cl. The van der Waals surface area contributed by atoms with Crippen molar-refractivity contribution in [2.24, 2.45) is 0 Å². The zero-order chi connectivity index (χ0) is 10.8. The Morgan fingerprint density at radius 3 is 2.71 bits per heavy atom. The van der Waals surface area contributed by atoms with Gasteiger partial charge in [-0.3, -0.25) is 4.74 Å². The van der Waals surface area contributed by atoms with Crippen LogP contribution in [0.2, 0.25) is 5.15 Å². The molecule has 0 aliphatic heterocycles. The lowest BCUT2D eigenvalue weighted by Crippen LogP contribution is -2.13. The van der Waals surface area contributed by atoms with E-state index in [9.17, 15) is 13.2 Å². The summed E-state index contributed by atoms with van der Waals surface area (Å²) < 4.78 is 39.4. The highest BCUT2D eigenvalue weighted by molar-refractivity contribution is 14.1. The van der Waals surface area contributed by atoms with E-state index in [2.05, 4.69) is 9.72 Å². The van der Waals surface area contributed by atoms with Gasteiger partial charge in [0.25, 0.3) is 0 Å². The van der Waals surface area contributed by atoms with E-state index in [1.54, 1.807) is 0 Å². The van der Waals surface area contributed by atoms with E-state index in [0.717, 1.165) is 0 Å². The van der Waals surface area contributed by atoms with E-state index < -0.39 is 13.0 Å². The largest absolute Gasteiger partial charge is 0.522 e. The number of pyridine rings is 1. The van der Waals surface area contributed by atoms with E-state index in [-0.39, 0.29) is 10.7 Å². The molecule has 0 aliphatic carbocycles. The fourth-order valence-electron chi connectivity index (χ4n) is 0.725. The molecule has 0 saturated carbocycles. The van der Waals surface area contributed by atoms with Crippen molar-refractivity contribution in [2.45, 2.75) is 13.0 Å². The van der Waals surface area contributed by atoms with E-state index in [0.29, 0.717) is 3.57 Å². The van der Waals surface area contributed by atoms with Crippen LogP contribution in [0, 0.1) is 3.57 Å². The van der Waals surface area contributed by atoms with Gasteiger partial charge in [-0.25, -0.2) is 4.98 Å². The first-order valence-electron chi connectivity index (χ1n) is 3.39. The number of rotatable bonds is 2. The Morgan fingerprint density at radius 1 is 1.50 bits per heavy atom. The molecule has 0 bridgehead atoms. The fourth-order valence-corrected chi connectivity index (χ4v) is 1.40. The second-order valence-corrected chi connectivity index (χ2v) is 3.94. The van der Waals surface area contributed by atoms with Crippen LogP contribution in [0.25, 0.3) is 0 Å². The van der Waals surface area contributed by atoms with Crippen molar-refractivity contribution in [1.82, 2.24) is 4.98 Å². The topological polar surface area (TPSA) is 22.1 Å². The molecule has 0 spiro atoms. The first kappa shape index (κ1) is 12.0. The molecule has 14 heavy (non-hydrogen) atoms. The maximum atomic E-state index is 11.7. The molecule has 0 aromatic carbocycles. The Bertz CT molecular complexity index is 331. The van der Waals surface area contributed by atoms with Crippen LogP contribution in [0.5, 0.6) is 0 Å².